The van der Waals surface area contributed by atoms with E-state index in [9.17, 15) is 0 Å². The monoisotopic (exact) mass is 342 g/mol. The lowest BCUT2D eigenvalue weighted by molar-refractivity contribution is 0.427. The number of aryl methyl sites for hydroxylation is 1. The van der Waals surface area contributed by atoms with Crippen molar-refractivity contribution >= 4 is 21.8 Å². The average Bonchev–Trinajstić information content (AvgIpc) is 2.45. The molecule has 2 N–H and O–H groups in total. The van der Waals surface area contributed by atoms with Crippen LogP contribution in [0, 0.1) is 0 Å². The van der Waals surface area contributed by atoms with Crippen molar-refractivity contribution in [2.75, 3.05) is 0 Å². The molecule has 2 aromatic rings. The van der Waals surface area contributed by atoms with Crippen LogP contribution in [0.25, 0.3) is 0 Å². The second-order valence-electron chi connectivity index (χ2n) is 5.96. The lowest BCUT2D eigenvalue weighted by atomic mass is 9.83. The van der Waals surface area contributed by atoms with Crippen LogP contribution in [-0.4, -0.2) is 11.4 Å². The Morgan fingerprint density at radius 1 is 1.19 bits per heavy atom. The predicted octanol–water partition coefficient (Wildman–Crippen LogP) is 4.10. The van der Waals surface area contributed by atoms with Crippen LogP contribution in [-0.2, 0) is 12.8 Å². The van der Waals surface area contributed by atoms with Gasteiger partial charge < -0.3 is 5.73 Å². The summed E-state index contributed by atoms with van der Waals surface area (Å²) in [6.07, 6.45) is 2.96. The molecule has 3 rings (SSSR count). The number of hydrogen-bond acceptors (Lipinski definition) is 2. The minimum atomic E-state index is -0.110. The first-order valence-electron chi connectivity index (χ1n) is 7.24. The SMILES string of the molecule is CC1(CCc2cccc(Br)c2)Cc2ccccc2C(N)=N1. The Morgan fingerprint density at radius 2 is 2.00 bits per heavy atom. The zero-order valence-corrected chi connectivity index (χ0v) is 13.7. The Kier molecular flexibility index (Phi) is 3.85. The Labute approximate surface area is 134 Å². The molecule has 0 bridgehead atoms. The summed E-state index contributed by atoms with van der Waals surface area (Å²) in [5, 5.41) is 0. The van der Waals surface area contributed by atoms with E-state index < -0.39 is 0 Å². The van der Waals surface area contributed by atoms with Crippen LogP contribution in [0.5, 0.6) is 0 Å². The molecular weight excluding hydrogens is 324 g/mol. The van der Waals surface area contributed by atoms with E-state index in [1.807, 2.05) is 6.07 Å². The fourth-order valence-corrected chi connectivity index (χ4v) is 3.42. The van der Waals surface area contributed by atoms with Crippen LogP contribution >= 0.6 is 15.9 Å². The maximum atomic E-state index is 6.16. The number of halogens is 1. The van der Waals surface area contributed by atoms with E-state index in [4.69, 9.17) is 10.7 Å². The van der Waals surface area contributed by atoms with Gasteiger partial charge in [-0.05, 0) is 49.4 Å². The highest BCUT2D eigenvalue weighted by atomic mass is 79.9. The number of nitrogens with two attached hydrogens (primary N) is 1. The van der Waals surface area contributed by atoms with E-state index in [2.05, 4.69) is 65.3 Å². The van der Waals surface area contributed by atoms with Crippen molar-refractivity contribution in [3.8, 4) is 0 Å². The number of rotatable bonds is 3. The molecule has 1 unspecified atom stereocenters. The molecule has 1 aliphatic heterocycles. The van der Waals surface area contributed by atoms with E-state index in [1.165, 1.54) is 11.1 Å². The lowest BCUT2D eigenvalue weighted by Gasteiger charge is -2.31. The molecule has 0 saturated carbocycles. The van der Waals surface area contributed by atoms with Crippen molar-refractivity contribution in [2.45, 2.75) is 31.7 Å². The summed E-state index contributed by atoms with van der Waals surface area (Å²) in [4.78, 5) is 4.78. The summed E-state index contributed by atoms with van der Waals surface area (Å²) in [6, 6.07) is 16.8. The van der Waals surface area contributed by atoms with E-state index in [-0.39, 0.29) is 5.54 Å². The van der Waals surface area contributed by atoms with Gasteiger partial charge in [0.15, 0.2) is 0 Å². The maximum absolute atomic E-state index is 6.16. The van der Waals surface area contributed by atoms with Gasteiger partial charge in [0.1, 0.15) is 5.84 Å². The summed E-state index contributed by atoms with van der Waals surface area (Å²) >= 11 is 3.52. The predicted molar refractivity (Wildman–Crippen MR) is 91.7 cm³/mol. The second-order valence-corrected chi connectivity index (χ2v) is 6.87. The maximum Gasteiger partial charge on any atom is 0.126 e. The molecule has 0 amide bonds. The topological polar surface area (TPSA) is 38.4 Å². The molecule has 0 spiro atoms. The average molecular weight is 343 g/mol. The van der Waals surface area contributed by atoms with Crippen LogP contribution in [0.1, 0.15) is 30.0 Å². The molecule has 0 radical (unpaired) electrons. The smallest absolute Gasteiger partial charge is 0.126 e. The fourth-order valence-electron chi connectivity index (χ4n) is 2.98. The highest BCUT2D eigenvalue weighted by Gasteiger charge is 2.29. The van der Waals surface area contributed by atoms with Gasteiger partial charge in [0, 0.05) is 10.0 Å². The van der Waals surface area contributed by atoms with E-state index in [1.54, 1.807) is 0 Å². The largest absolute Gasteiger partial charge is 0.383 e. The molecule has 1 atom stereocenters. The van der Waals surface area contributed by atoms with Gasteiger partial charge in [-0.3, -0.25) is 4.99 Å². The molecule has 0 fully saturated rings. The Bertz CT molecular complexity index is 693. The first kappa shape index (κ1) is 14.3. The van der Waals surface area contributed by atoms with Crippen LogP contribution in [0.15, 0.2) is 58.0 Å². The summed E-state index contributed by atoms with van der Waals surface area (Å²) < 4.78 is 1.13. The zero-order chi connectivity index (χ0) is 14.9. The van der Waals surface area contributed by atoms with Gasteiger partial charge in [-0.2, -0.15) is 0 Å². The van der Waals surface area contributed by atoms with Gasteiger partial charge in [-0.15, -0.1) is 0 Å². The molecule has 1 heterocycles. The van der Waals surface area contributed by atoms with Crippen LogP contribution in [0.2, 0.25) is 0 Å². The van der Waals surface area contributed by atoms with Gasteiger partial charge in [-0.1, -0.05) is 52.3 Å². The molecule has 21 heavy (non-hydrogen) atoms. The number of aliphatic imine (C=N–C) groups is 1. The summed E-state index contributed by atoms with van der Waals surface area (Å²) in [6.45, 7) is 2.20. The molecule has 0 saturated heterocycles. The third kappa shape index (κ3) is 3.18. The molecule has 108 valence electrons. The van der Waals surface area contributed by atoms with Crippen molar-refractivity contribution in [1.82, 2.24) is 0 Å². The zero-order valence-electron chi connectivity index (χ0n) is 12.1. The lowest BCUT2D eigenvalue weighted by Crippen LogP contribution is -2.35. The molecule has 3 heteroatoms. The highest BCUT2D eigenvalue weighted by molar-refractivity contribution is 9.10. The quantitative estimate of drug-likeness (QED) is 0.895. The molecule has 2 nitrogen and oxygen atoms in total. The number of hydrogen-bond donors (Lipinski definition) is 1. The molecular formula is C18H19BrN2. The van der Waals surface area contributed by atoms with Crippen LogP contribution in [0.3, 0.4) is 0 Å². The van der Waals surface area contributed by atoms with E-state index in [0.717, 1.165) is 29.3 Å². The van der Waals surface area contributed by atoms with Crippen molar-refractivity contribution in [1.29, 1.82) is 0 Å². The molecule has 1 aliphatic rings. The number of nitrogens with zero attached hydrogens (tertiary/aromatic N) is 1. The normalized spacial score (nSPS) is 20.8. The van der Waals surface area contributed by atoms with Gasteiger partial charge in [0.05, 0.1) is 5.54 Å². The van der Waals surface area contributed by atoms with Gasteiger partial charge in [-0.25, -0.2) is 0 Å². The van der Waals surface area contributed by atoms with Crippen molar-refractivity contribution in [3.05, 3.63) is 69.7 Å². The van der Waals surface area contributed by atoms with Crippen LogP contribution in [0.4, 0.5) is 0 Å². The summed E-state index contributed by atoms with van der Waals surface area (Å²) in [5.74, 6) is 0.675. The second kappa shape index (κ2) is 5.64. The third-order valence-corrected chi connectivity index (χ3v) is 4.59. The number of fused-ring (bicyclic) bond motifs is 1. The minimum absolute atomic E-state index is 0.110. The van der Waals surface area contributed by atoms with Gasteiger partial charge in [0.2, 0.25) is 0 Å². The molecule has 0 aliphatic carbocycles. The molecule has 0 aromatic heterocycles. The van der Waals surface area contributed by atoms with Crippen molar-refractivity contribution in [3.63, 3.8) is 0 Å². The Morgan fingerprint density at radius 3 is 2.81 bits per heavy atom. The fraction of sp³-hybridized carbons (Fsp3) is 0.278. The van der Waals surface area contributed by atoms with E-state index >= 15 is 0 Å². The highest BCUT2D eigenvalue weighted by Crippen LogP contribution is 2.30. The Balaban J connectivity index is 1.79. The number of amidine groups is 1. The third-order valence-electron chi connectivity index (χ3n) is 4.10. The first-order chi connectivity index (χ1) is 10.1. The Hall–Kier alpha value is -1.61. The van der Waals surface area contributed by atoms with Crippen LogP contribution < -0.4 is 5.73 Å². The summed E-state index contributed by atoms with van der Waals surface area (Å²) in [5.41, 5.74) is 9.78. The van der Waals surface area contributed by atoms with Crippen molar-refractivity contribution in [2.24, 2.45) is 10.7 Å². The molecule has 2 aromatic carbocycles. The van der Waals surface area contributed by atoms with Crippen molar-refractivity contribution < 1.29 is 0 Å². The van der Waals surface area contributed by atoms with E-state index in [0.29, 0.717) is 5.84 Å². The standard InChI is InChI=1S/C18H19BrN2/c1-18(10-9-13-5-4-7-15(19)11-13)12-14-6-2-3-8-16(14)17(20)21-18/h2-8,11H,9-10,12H2,1H3,(H2,20,21). The number of benzene rings is 2. The first-order valence-corrected chi connectivity index (χ1v) is 8.03. The van der Waals surface area contributed by atoms with Gasteiger partial charge in [0.25, 0.3) is 0 Å². The van der Waals surface area contributed by atoms with Gasteiger partial charge >= 0.3 is 0 Å². The minimum Gasteiger partial charge on any atom is -0.383 e. The summed E-state index contributed by atoms with van der Waals surface area (Å²) in [7, 11) is 0.